The summed E-state index contributed by atoms with van der Waals surface area (Å²) in [6, 6.07) is 12.6. The van der Waals surface area contributed by atoms with Gasteiger partial charge in [-0.1, -0.05) is 18.2 Å². The average molecular weight is 335 g/mol. The fourth-order valence-electron chi connectivity index (χ4n) is 2.00. The smallest absolute Gasteiger partial charge is 0.238 e. The molecule has 0 aliphatic rings. The molecule has 116 valence electrons. The minimum atomic E-state index is -3.76. The highest BCUT2D eigenvalue weighted by Gasteiger charge is 2.12. The molecule has 0 aliphatic carbocycles. The zero-order valence-corrected chi connectivity index (χ0v) is 13.9. The molecule has 2 rings (SSSR count). The van der Waals surface area contributed by atoms with E-state index in [1.807, 2.05) is 31.2 Å². The Balaban J connectivity index is 2.15. The number of thiocarbonyl (C=S) groups is 1. The Labute approximate surface area is 135 Å². The largest absolute Gasteiger partial charge is 0.332 e. The SMILES string of the molecule is Cc1cccc(NC(=S)Nc2ccc(C)c(S(N)(=O)=O)c2)c1. The van der Waals surface area contributed by atoms with Crippen LogP contribution in [0.4, 0.5) is 11.4 Å². The molecular weight excluding hydrogens is 318 g/mol. The second kappa shape index (κ2) is 6.43. The van der Waals surface area contributed by atoms with E-state index in [9.17, 15) is 8.42 Å². The van der Waals surface area contributed by atoms with Crippen LogP contribution in [0.15, 0.2) is 47.4 Å². The van der Waals surface area contributed by atoms with E-state index in [-0.39, 0.29) is 4.90 Å². The molecule has 4 N–H and O–H groups in total. The number of nitrogens with two attached hydrogens (primary N) is 1. The quantitative estimate of drug-likeness (QED) is 0.751. The highest BCUT2D eigenvalue weighted by atomic mass is 32.2. The fourth-order valence-corrected chi connectivity index (χ4v) is 3.04. The number of primary sulfonamides is 1. The fraction of sp³-hybridized carbons (Fsp3) is 0.133. The molecule has 0 atom stereocenters. The van der Waals surface area contributed by atoms with Gasteiger partial charge in [-0.3, -0.25) is 0 Å². The van der Waals surface area contributed by atoms with Gasteiger partial charge in [0.2, 0.25) is 10.0 Å². The van der Waals surface area contributed by atoms with E-state index in [0.29, 0.717) is 16.4 Å². The normalized spacial score (nSPS) is 11.0. The summed E-state index contributed by atoms with van der Waals surface area (Å²) >= 11 is 5.23. The summed E-state index contributed by atoms with van der Waals surface area (Å²) in [7, 11) is -3.76. The molecule has 22 heavy (non-hydrogen) atoms. The first-order valence-electron chi connectivity index (χ1n) is 6.54. The van der Waals surface area contributed by atoms with Crippen LogP contribution in [-0.2, 0) is 10.0 Å². The molecule has 0 saturated heterocycles. The van der Waals surface area contributed by atoms with Gasteiger partial charge in [-0.05, 0) is 61.5 Å². The van der Waals surface area contributed by atoms with Gasteiger partial charge in [0.1, 0.15) is 0 Å². The summed E-state index contributed by atoms with van der Waals surface area (Å²) in [6.07, 6.45) is 0. The average Bonchev–Trinajstić information content (AvgIpc) is 2.39. The monoisotopic (exact) mass is 335 g/mol. The third-order valence-corrected chi connectivity index (χ3v) is 4.29. The molecule has 0 fully saturated rings. The lowest BCUT2D eigenvalue weighted by Gasteiger charge is -2.12. The van der Waals surface area contributed by atoms with Crippen molar-refractivity contribution in [1.82, 2.24) is 0 Å². The maximum atomic E-state index is 11.5. The Morgan fingerprint density at radius 1 is 1.05 bits per heavy atom. The first kappa shape index (κ1) is 16.4. The number of rotatable bonds is 3. The van der Waals surface area contributed by atoms with Gasteiger partial charge < -0.3 is 10.6 Å². The number of hydrogen-bond donors (Lipinski definition) is 3. The second-order valence-corrected chi connectivity index (χ2v) is 6.91. The van der Waals surface area contributed by atoms with Crippen molar-refractivity contribution in [3.63, 3.8) is 0 Å². The lowest BCUT2D eigenvalue weighted by Crippen LogP contribution is -2.20. The van der Waals surface area contributed by atoms with Crippen LogP contribution in [0.1, 0.15) is 11.1 Å². The maximum absolute atomic E-state index is 11.5. The predicted molar refractivity (Wildman–Crippen MR) is 93.6 cm³/mol. The summed E-state index contributed by atoms with van der Waals surface area (Å²) in [6.45, 7) is 3.67. The first-order valence-corrected chi connectivity index (χ1v) is 8.49. The van der Waals surface area contributed by atoms with Gasteiger partial charge in [0.05, 0.1) is 4.90 Å². The van der Waals surface area contributed by atoms with Gasteiger partial charge in [0, 0.05) is 11.4 Å². The van der Waals surface area contributed by atoms with Crippen LogP contribution in [0.5, 0.6) is 0 Å². The Bertz CT molecular complexity index is 817. The summed E-state index contributed by atoms with van der Waals surface area (Å²) in [4.78, 5) is 0.0795. The van der Waals surface area contributed by atoms with Crippen molar-refractivity contribution in [2.75, 3.05) is 10.6 Å². The van der Waals surface area contributed by atoms with Crippen molar-refractivity contribution in [2.24, 2.45) is 5.14 Å². The predicted octanol–water partition coefficient (Wildman–Crippen LogP) is 2.76. The number of benzene rings is 2. The lowest BCUT2D eigenvalue weighted by atomic mass is 10.2. The number of aryl methyl sites for hydroxylation is 2. The number of sulfonamides is 1. The van der Waals surface area contributed by atoms with Crippen molar-refractivity contribution in [1.29, 1.82) is 0 Å². The van der Waals surface area contributed by atoms with Gasteiger partial charge in [0.25, 0.3) is 0 Å². The summed E-state index contributed by atoms with van der Waals surface area (Å²) in [5, 5.41) is 11.6. The van der Waals surface area contributed by atoms with Gasteiger partial charge in [-0.15, -0.1) is 0 Å². The van der Waals surface area contributed by atoms with E-state index in [1.165, 1.54) is 6.07 Å². The van der Waals surface area contributed by atoms with Crippen LogP contribution in [0.3, 0.4) is 0 Å². The molecule has 0 amide bonds. The minimum Gasteiger partial charge on any atom is -0.332 e. The Hall–Kier alpha value is -1.96. The number of anilines is 2. The Kier molecular flexibility index (Phi) is 4.80. The van der Waals surface area contributed by atoms with Crippen molar-refractivity contribution in [3.8, 4) is 0 Å². The molecule has 0 aliphatic heterocycles. The van der Waals surface area contributed by atoms with Crippen molar-refractivity contribution in [2.45, 2.75) is 18.7 Å². The van der Waals surface area contributed by atoms with Gasteiger partial charge in [0.15, 0.2) is 5.11 Å². The number of hydrogen-bond acceptors (Lipinski definition) is 3. The Morgan fingerprint density at radius 3 is 2.27 bits per heavy atom. The molecule has 0 aromatic heterocycles. The van der Waals surface area contributed by atoms with E-state index >= 15 is 0 Å². The van der Waals surface area contributed by atoms with E-state index in [0.717, 1.165) is 11.3 Å². The first-order chi connectivity index (χ1) is 10.3. The van der Waals surface area contributed by atoms with Crippen LogP contribution >= 0.6 is 12.2 Å². The van der Waals surface area contributed by atoms with Crippen LogP contribution in [-0.4, -0.2) is 13.5 Å². The highest BCUT2D eigenvalue weighted by molar-refractivity contribution is 7.89. The van der Waals surface area contributed by atoms with Gasteiger partial charge in [-0.25, -0.2) is 13.6 Å². The zero-order valence-electron chi connectivity index (χ0n) is 12.3. The molecule has 0 radical (unpaired) electrons. The summed E-state index contributed by atoms with van der Waals surface area (Å²) in [5.41, 5.74) is 3.11. The Morgan fingerprint density at radius 2 is 1.68 bits per heavy atom. The van der Waals surface area contributed by atoms with Crippen LogP contribution < -0.4 is 15.8 Å². The molecular formula is C15H17N3O2S2. The molecule has 2 aromatic carbocycles. The summed E-state index contributed by atoms with van der Waals surface area (Å²) in [5.74, 6) is 0. The van der Waals surface area contributed by atoms with E-state index < -0.39 is 10.0 Å². The van der Waals surface area contributed by atoms with Crippen molar-refractivity contribution in [3.05, 3.63) is 53.6 Å². The zero-order chi connectivity index (χ0) is 16.3. The molecule has 0 spiro atoms. The molecule has 0 unspecified atom stereocenters. The third kappa shape index (κ3) is 4.27. The van der Waals surface area contributed by atoms with Crippen molar-refractivity contribution >= 4 is 38.7 Å². The third-order valence-electron chi connectivity index (χ3n) is 3.03. The van der Waals surface area contributed by atoms with E-state index in [1.54, 1.807) is 19.1 Å². The highest BCUT2D eigenvalue weighted by Crippen LogP contribution is 2.19. The molecule has 0 saturated carbocycles. The van der Waals surface area contributed by atoms with Crippen LogP contribution in [0.2, 0.25) is 0 Å². The van der Waals surface area contributed by atoms with E-state index in [2.05, 4.69) is 10.6 Å². The minimum absolute atomic E-state index is 0.0795. The lowest BCUT2D eigenvalue weighted by molar-refractivity contribution is 0.597. The van der Waals surface area contributed by atoms with E-state index in [4.69, 9.17) is 17.4 Å². The standard InChI is InChI=1S/C15H17N3O2S2/c1-10-4-3-5-12(8-10)17-15(21)18-13-7-6-11(2)14(9-13)22(16,19)20/h3-9H,1-2H3,(H2,16,19,20)(H2,17,18,21). The topological polar surface area (TPSA) is 84.2 Å². The number of nitrogens with one attached hydrogen (secondary N) is 2. The van der Waals surface area contributed by atoms with Gasteiger partial charge >= 0.3 is 0 Å². The molecule has 2 aromatic rings. The molecule has 7 heteroatoms. The van der Waals surface area contributed by atoms with Crippen LogP contribution in [0.25, 0.3) is 0 Å². The van der Waals surface area contributed by atoms with Crippen molar-refractivity contribution < 1.29 is 8.42 Å². The molecule has 5 nitrogen and oxygen atoms in total. The molecule has 0 bridgehead atoms. The molecule has 0 heterocycles. The summed E-state index contributed by atoms with van der Waals surface area (Å²) < 4.78 is 23.0. The maximum Gasteiger partial charge on any atom is 0.238 e. The van der Waals surface area contributed by atoms with Crippen LogP contribution in [0, 0.1) is 13.8 Å². The second-order valence-electron chi connectivity index (χ2n) is 4.97. The van der Waals surface area contributed by atoms with Gasteiger partial charge in [-0.2, -0.15) is 0 Å².